The van der Waals surface area contributed by atoms with Crippen molar-refractivity contribution in [3.05, 3.63) is 22.4 Å². The topological polar surface area (TPSA) is 37.3 Å². The minimum atomic E-state index is 0.179. The maximum atomic E-state index is 12.6. The first-order valence-electron chi connectivity index (χ1n) is 6.58. The summed E-state index contributed by atoms with van der Waals surface area (Å²) >= 11 is 3.45. The molecule has 4 nitrogen and oxygen atoms in total. The van der Waals surface area contributed by atoms with Crippen LogP contribution in [0.5, 0.6) is 0 Å². The third-order valence-electron chi connectivity index (χ3n) is 4.13. The van der Waals surface area contributed by atoms with E-state index >= 15 is 0 Å². The van der Waals surface area contributed by atoms with Crippen molar-refractivity contribution >= 4 is 21.8 Å². The molecule has 98 valence electrons. The molecule has 5 heteroatoms. The van der Waals surface area contributed by atoms with Gasteiger partial charge in [0.15, 0.2) is 0 Å². The minimum absolute atomic E-state index is 0.179. The number of nitrogens with zero attached hydrogens (tertiary/aromatic N) is 2. The number of nitrogens with one attached hydrogen (secondary N) is 1. The highest BCUT2D eigenvalue weighted by Gasteiger charge is 2.40. The lowest BCUT2D eigenvalue weighted by molar-refractivity contribution is 0.0726. The van der Waals surface area contributed by atoms with Crippen LogP contribution in [0.2, 0.25) is 0 Å². The number of halogens is 1. The van der Waals surface area contributed by atoms with Crippen LogP contribution in [0.1, 0.15) is 23.8 Å². The number of fused-ring (bicyclic) bond motifs is 1. The fraction of sp³-hybridized carbons (Fsp3) is 0.615. The average Bonchev–Trinajstić information content (AvgIpc) is 3.01. The van der Waals surface area contributed by atoms with E-state index in [4.69, 9.17) is 0 Å². The Morgan fingerprint density at radius 3 is 3.17 bits per heavy atom. The van der Waals surface area contributed by atoms with Crippen LogP contribution in [0, 0.1) is 5.92 Å². The van der Waals surface area contributed by atoms with Gasteiger partial charge in [0, 0.05) is 42.9 Å². The average molecular weight is 312 g/mol. The van der Waals surface area contributed by atoms with E-state index in [1.54, 1.807) is 0 Å². The van der Waals surface area contributed by atoms with Gasteiger partial charge in [-0.1, -0.05) is 0 Å². The highest BCUT2D eigenvalue weighted by molar-refractivity contribution is 9.10. The number of aromatic nitrogens is 1. The lowest BCUT2D eigenvalue weighted by Gasteiger charge is -2.23. The van der Waals surface area contributed by atoms with Crippen LogP contribution >= 0.6 is 15.9 Å². The van der Waals surface area contributed by atoms with Crippen molar-refractivity contribution < 1.29 is 4.79 Å². The van der Waals surface area contributed by atoms with E-state index in [9.17, 15) is 4.79 Å². The number of aryl methyl sites for hydroxylation is 1. The molecule has 0 bridgehead atoms. The van der Waals surface area contributed by atoms with E-state index in [2.05, 4.69) is 33.1 Å². The molecule has 0 saturated carbocycles. The van der Waals surface area contributed by atoms with Crippen molar-refractivity contribution in [1.29, 1.82) is 0 Å². The van der Waals surface area contributed by atoms with Crippen LogP contribution in [0.3, 0.4) is 0 Å². The molecule has 3 rings (SSSR count). The minimum Gasteiger partial charge on any atom is -0.343 e. The first kappa shape index (κ1) is 12.2. The lowest BCUT2D eigenvalue weighted by Crippen LogP contribution is -2.39. The number of likely N-dealkylation sites (tertiary alicyclic amines) is 1. The summed E-state index contributed by atoms with van der Waals surface area (Å²) < 4.78 is 3.00. The van der Waals surface area contributed by atoms with Crippen molar-refractivity contribution in [2.24, 2.45) is 5.92 Å². The van der Waals surface area contributed by atoms with Gasteiger partial charge in [-0.05, 0) is 41.3 Å². The molecule has 3 heterocycles. The zero-order valence-electron chi connectivity index (χ0n) is 10.5. The van der Waals surface area contributed by atoms with Crippen molar-refractivity contribution in [2.45, 2.75) is 25.9 Å². The summed E-state index contributed by atoms with van der Waals surface area (Å²) in [5.74, 6) is 0.834. The second-order valence-electron chi connectivity index (χ2n) is 5.10. The van der Waals surface area contributed by atoms with E-state index in [-0.39, 0.29) is 5.91 Å². The van der Waals surface area contributed by atoms with Crippen LogP contribution in [-0.4, -0.2) is 41.1 Å². The molecule has 18 heavy (non-hydrogen) atoms. The van der Waals surface area contributed by atoms with E-state index < -0.39 is 0 Å². The molecule has 1 N–H and O–H groups in total. The van der Waals surface area contributed by atoms with Gasteiger partial charge in [-0.25, -0.2) is 0 Å². The fourth-order valence-electron chi connectivity index (χ4n) is 3.16. The van der Waals surface area contributed by atoms with Gasteiger partial charge in [0.1, 0.15) is 5.69 Å². The highest BCUT2D eigenvalue weighted by Crippen LogP contribution is 2.29. The Kier molecular flexibility index (Phi) is 3.20. The smallest absolute Gasteiger partial charge is 0.270 e. The molecule has 1 aromatic heterocycles. The second kappa shape index (κ2) is 4.70. The van der Waals surface area contributed by atoms with Gasteiger partial charge in [-0.15, -0.1) is 0 Å². The van der Waals surface area contributed by atoms with Gasteiger partial charge in [0.25, 0.3) is 5.91 Å². The molecule has 1 amide bonds. The van der Waals surface area contributed by atoms with Crippen molar-refractivity contribution in [1.82, 2.24) is 14.8 Å². The normalized spacial score (nSPS) is 26.7. The zero-order chi connectivity index (χ0) is 12.7. The van der Waals surface area contributed by atoms with Crippen LogP contribution in [0.4, 0.5) is 0 Å². The SMILES string of the molecule is CCn1cc(Br)cc1C(=O)N1CC[C@H]2CNC[C@H]21. The van der Waals surface area contributed by atoms with Gasteiger partial charge in [0.2, 0.25) is 0 Å². The third kappa shape index (κ3) is 1.89. The summed E-state index contributed by atoms with van der Waals surface area (Å²) in [7, 11) is 0. The Balaban J connectivity index is 1.85. The Morgan fingerprint density at radius 2 is 2.39 bits per heavy atom. The van der Waals surface area contributed by atoms with E-state index in [0.717, 1.165) is 42.8 Å². The fourth-order valence-corrected chi connectivity index (χ4v) is 3.63. The quantitative estimate of drug-likeness (QED) is 0.903. The van der Waals surface area contributed by atoms with Crippen LogP contribution in [0.15, 0.2) is 16.7 Å². The summed E-state index contributed by atoms with van der Waals surface area (Å²) in [5.41, 5.74) is 0.803. The van der Waals surface area contributed by atoms with Gasteiger partial charge >= 0.3 is 0 Å². The second-order valence-corrected chi connectivity index (χ2v) is 6.02. The lowest BCUT2D eigenvalue weighted by atomic mass is 10.1. The molecule has 2 fully saturated rings. The predicted molar refractivity (Wildman–Crippen MR) is 73.6 cm³/mol. The Labute approximate surface area is 115 Å². The number of rotatable bonds is 2. The summed E-state index contributed by atoms with van der Waals surface area (Å²) in [5, 5.41) is 3.38. The maximum absolute atomic E-state index is 12.6. The molecule has 2 aliphatic rings. The van der Waals surface area contributed by atoms with Crippen LogP contribution in [-0.2, 0) is 6.54 Å². The number of hydrogen-bond donors (Lipinski definition) is 1. The molecule has 0 aromatic carbocycles. The summed E-state index contributed by atoms with van der Waals surface area (Å²) in [6, 6.07) is 2.33. The number of carbonyl (C=O) groups excluding carboxylic acids is 1. The van der Waals surface area contributed by atoms with Gasteiger partial charge in [-0.3, -0.25) is 4.79 Å². The van der Waals surface area contributed by atoms with Crippen molar-refractivity contribution in [3.63, 3.8) is 0 Å². The Bertz CT molecular complexity index is 471. The first-order valence-corrected chi connectivity index (χ1v) is 7.37. The molecule has 0 radical (unpaired) electrons. The standard InChI is InChI=1S/C13H18BrN3O/c1-2-16-8-10(14)5-11(16)13(18)17-4-3-9-6-15-7-12(9)17/h5,8-9,12,15H,2-4,6-7H2,1H3/t9-,12+/m0/s1. The number of carbonyl (C=O) groups is 1. The molecule has 1 aromatic rings. The van der Waals surface area contributed by atoms with E-state index in [1.165, 1.54) is 0 Å². The predicted octanol–water partition coefficient (Wildman–Crippen LogP) is 1.70. The number of hydrogen-bond acceptors (Lipinski definition) is 2. The summed E-state index contributed by atoms with van der Waals surface area (Å²) in [6.45, 7) is 5.81. The first-order chi connectivity index (χ1) is 8.70. The number of amides is 1. The molecule has 0 unspecified atom stereocenters. The van der Waals surface area contributed by atoms with Crippen molar-refractivity contribution in [2.75, 3.05) is 19.6 Å². The Morgan fingerprint density at radius 1 is 1.56 bits per heavy atom. The highest BCUT2D eigenvalue weighted by atomic mass is 79.9. The monoisotopic (exact) mass is 311 g/mol. The molecule has 0 spiro atoms. The van der Waals surface area contributed by atoms with Crippen LogP contribution < -0.4 is 5.32 Å². The largest absolute Gasteiger partial charge is 0.343 e. The third-order valence-corrected chi connectivity index (χ3v) is 4.56. The zero-order valence-corrected chi connectivity index (χ0v) is 12.1. The van der Waals surface area contributed by atoms with Gasteiger partial charge in [-0.2, -0.15) is 0 Å². The van der Waals surface area contributed by atoms with E-state index in [0.29, 0.717) is 12.0 Å². The Hall–Kier alpha value is -0.810. The van der Waals surface area contributed by atoms with Crippen molar-refractivity contribution in [3.8, 4) is 0 Å². The molecule has 2 atom stereocenters. The molecule has 2 saturated heterocycles. The molecular formula is C13H18BrN3O. The molecular weight excluding hydrogens is 294 g/mol. The van der Waals surface area contributed by atoms with Gasteiger partial charge in [0.05, 0.1) is 0 Å². The molecule has 2 aliphatic heterocycles. The maximum Gasteiger partial charge on any atom is 0.270 e. The van der Waals surface area contributed by atoms with Gasteiger partial charge < -0.3 is 14.8 Å². The van der Waals surface area contributed by atoms with Crippen LogP contribution in [0.25, 0.3) is 0 Å². The van der Waals surface area contributed by atoms with E-state index in [1.807, 2.05) is 16.8 Å². The summed E-state index contributed by atoms with van der Waals surface area (Å²) in [6.07, 6.45) is 3.12. The molecule has 0 aliphatic carbocycles. The summed E-state index contributed by atoms with van der Waals surface area (Å²) in [4.78, 5) is 14.7.